The van der Waals surface area contributed by atoms with Gasteiger partial charge < -0.3 is 9.32 Å². The highest BCUT2D eigenvalue weighted by molar-refractivity contribution is 7.21. The topological polar surface area (TPSA) is 59.2 Å². The van der Waals surface area contributed by atoms with Gasteiger partial charge in [-0.3, -0.25) is 0 Å². The predicted molar refractivity (Wildman–Crippen MR) is 102 cm³/mol. The van der Waals surface area contributed by atoms with E-state index in [1.54, 1.807) is 0 Å². The first-order valence-electron chi connectivity index (χ1n) is 8.25. The molecule has 0 aliphatic carbocycles. The Morgan fingerprint density at radius 1 is 1.04 bits per heavy atom. The summed E-state index contributed by atoms with van der Waals surface area (Å²) in [7, 11) is 0. The number of rotatable bonds is 4. The van der Waals surface area contributed by atoms with Crippen LogP contribution in [-0.2, 0) is 0 Å². The Bertz CT molecular complexity index is 1080. The maximum atomic E-state index is 12.5. The van der Waals surface area contributed by atoms with E-state index in [4.69, 9.17) is 4.42 Å². The van der Waals surface area contributed by atoms with Gasteiger partial charge in [0, 0.05) is 24.8 Å². The number of fused-ring (bicyclic) bond motifs is 2. The first-order chi connectivity index (χ1) is 12.2. The lowest BCUT2D eigenvalue weighted by atomic mass is 10.2. The Balaban J connectivity index is 1.84. The normalized spacial score (nSPS) is 11.3. The third-order valence-electron chi connectivity index (χ3n) is 4.20. The molecule has 0 amide bonds. The van der Waals surface area contributed by atoms with E-state index < -0.39 is 5.63 Å². The highest BCUT2D eigenvalue weighted by Gasteiger charge is 2.15. The fourth-order valence-electron chi connectivity index (χ4n) is 2.89. The molecule has 0 N–H and O–H groups in total. The van der Waals surface area contributed by atoms with Crippen LogP contribution in [-0.4, -0.2) is 23.1 Å². The summed E-state index contributed by atoms with van der Waals surface area (Å²) in [4.78, 5) is 23.7. The minimum atomic E-state index is -0.455. The molecule has 25 heavy (non-hydrogen) atoms. The summed E-state index contributed by atoms with van der Waals surface area (Å²) >= 11 is 1.45. The molecule has 2 heterocycles. The SMILES string of the molecule is CCN(CC)c1ccc2nc(-c3nc4ccccc4s3)c(=O)oc2c1. The quantitative estimate of drug-likeness (QED) is 0.548. The van der Waals surface area contributed by atoms with Gasteiger partial charge in [-0.25, -0.2) is 14.8 Å². The minimum absolute atomic E-state index is 0.268. The molecule has 0 spiro atoms. The van der Waals surface area contributed by atoms with E-state index in [1.807, 2.05) is 42.5 Å². The van der Waals surface area contributed by atoms with Gasteiger partial charge in [-0.1, -0.05) is 12.1 Å². The molecule has 0 saturated carbocycles. The maximum Gasteiger partial charge on any atom is 0.365 e. The molecule has 0 aliphatic rings. The van der Waals surface area contributed by atoms with Gasteiger partial charge in [0.05, 0.1) is 10.2 Å². The summed E-state index contributed by atoms with van der Waals surface area (Å²) < 4.78 is 6.57. The second kappa shape index (κ2) is 6.29. The largest absolute Gasteiger partial charge is 0.419 e. The van der Waals surface area contributed by atoms with Crippen LogP contribution in [0.15, 0.2) is 51.7 Å². The van der Waals surface area contributed by atoms with E-state index in [1.165, 1.54) is 11.3 Å². The number of para-hydroxylation sites is 1. The second-order valence-electron chi connectivity index (χ2n) is 5.66. The molecule has 4 rings (SSSR count). The van der Waals surface area contributed by atoms with Crippen LogP contribution in [0, 0.1) is 0 Å². The molecule has 0 aliphatic heterocycles. The molecule has 126 valence electrons. The van der Waals surface area contributed by atoms with E-state index in [2.05, 4.69) is 28.7 Å². The van der Waals surface area contributed by atoms with Gasteiger partial charge in [0.2, 0.25) is 0 Å². The number of anilines is 1. The molecule has 5 nitrogen and oxygen atoms in total. The van der Waals surface area contributed by atoms with Crippen LogP contribution in [0.3, 0.4) is 0 Å². The summed E-state index contributed by atoms with van der Waals surface area (Å²) in [5, 5.41) is 0.588. The van der Waals surface area contributed by atoms with Crippen molar-refractivity contribution in [1.29, 1.82) is 0 Å². The predicted octanol–water partition coefficient (Wildman–Crippen LogP) is 4.31. The van der Waals surface area contributed by atoms with Crippen molar-refractivity contribution in [2.45, 2.75) is 13.8 Å². The summed E-state index contributed by atoms with van der Waals surface area (Å²) in [5.41, 5.74) is 2.85. The molecule has 0 saturated heterocycles. The van der Waals surface area contributed by atoms with Crippen LogP contribution in [0.1, 0.15) is 13.8 Å². The number of aromatic nitrogens is 2. The van der Waals surface area contributed by atoms with Crippen molar-refractivity contribution in [1.82, 2.24) is 9.97 Å². The number of hydrogen-bond acceptors (Lipinski definition) is 6. The Labute approximate surface area is 148 Å². The second-order valence-corrected chi connectivity index (χ2v) is 6.69. The molecule has 0 radical (unpaired) electrons. The smallest absolute Gasteiger partial charge is 0.365 e. The summed E-state index contributed by atoms with van der Waals surface area (Å²) in [5.74, 6) is 0. The first-order valence-corrected chi connectivity index (χ1v) is 9.07. The minimum Gasteiger partial charge on any atom is -0.419 e. The van der Waals surface area contributed by atoms with Gasteiger partial charge in [0.25, 0.3) is 0 Å². The maximum absolute atomic E-state index is 12.5. The van der Waals surface area contributed by atoms with Crippen molar-refractivity contribution >= 4 is 38.3 Å². The zero-order valence-electron chi connectivity index (χ0n) is 14.0. The van der Waals surface area contributed by atoms with E-state index >= 15 is 0 Å². The molecule has 0 fully saturated rings. The van der Waals surface area contributed by atoms with Crippen LogP contribution in [0.2, 0.25) is 0 Å². The van der Waals surface area contributed by atoms with Crippen molar-refractivity contribution < 1.29 is 4.42 Å². The van der Waals surface area contributed by atoms with Gasteiger partial charge >= 0.3 is 5.63 Å². The standard InChI is InChI=1S/C19H17N3O2S/c1-3-22(4-2)12-9-10-13-15(11-12)24-19(23)17(20-13)18-21-14-7-5-6-8-16(14)25-18/h5-11H,3-4H2,1-2H3. The summed E-state index contributed by atoms with van der Waals surface area (Å²) in [6.45, 7) is 5.98. The number of benzene rings is 2. The van der Waals surface area contributed by atoms with Crippen LogP contribution in [0.25, 0.3) is 32.0 Å². The number of thiazole rings is 1. The fourth-order valence-corrected chi connectivity index (χ4v) is 3.83. The molecule has 4 aromatic rings. The van der Waals surface area contributed by atoms with Gasteiger partial charge in [0.15, 0.2) is 16.3 Å². The zero-order chi connectivity index (χ0) is 17.4. The number of nitrogens with zero attached hydrogens (tertiary/aromatic N) is 3. The van der Waals surface area contributed by atoms with Gasteiger partial charge in [-0.15, -0.1) is 11.3 Å². The van der Waals surface area contributed by atoms with E-state index in [9.17, 15) is 4.79 Å². The summed E-state index contributed by atoms with van der Waals surface area (Å²) in [6, 6.07) is 13.6. The average molecular weight is 351 g/mol. The van der Waals surface area contributed by atoms with Crippen molar-refractivity contribution in [3.05, 3.63) is 52.9 Å². The molecule has 0 bridgehead atoms. The zero-order valence-corrected chi connectivity index (χ0v) is 14.8. The fraction of sp³-hybridized carbons (Fsp3) is 0.211. The van der Waals surface area contributed by atoms with Crippen molar-refractivity contribution in [2.75, 3.05) is 18.0 Å². The average Bonchev–Trinajstić information content (AvgIpc) is 3.06. The number of hydrogen-bond donors (Lipinski definition) is 0. The van der Waals surface area contributed by atoms with Gasteiger partial charge in [-0.2, -0.15) is 0 Å². The van der Waals surface area contributed by atoms with Gasteiger partial charge in [-0.05, 0) is 38.1 Å². The molecule has 2 aromatic carbocycles. The third kappa shape index (κ3) is 2.78. The Kier molecular flexibility index (Phi) is 3.97. The van der Waals surface area contributed by atoms with Crippen molar-refractivity contribution in [3.8, 4) is 10.7 Å². The van der Waals surface area contributed by atoms with Crippen molar-refractivity contribution in [3.63, 3.8) is 0 Å². The Morgan fingerprint density at radius 2 is 1.84 bits per heavy atom. The molecule has 6 heteroatoms. The van der Waals surface area contributed by atoms with E-state index in [-0.39, 0.29) is 5.69 Å². The monoisotopic (exact) mass is 351 g/mol. The van der Waals surface area contributed by atoms with E-state index in [0.29, 0.717) is 16.1 Å². The Morgan fingerprint density at radius 3 is 2.60 bits per heavy atom. The lowest BCUT2D eigenvalue weighted by molar-refractivity contribution is 0.557. The Hall–Kier alpha value is -2.73. The third-order valence-corrected chi connectivity index (χ3v) is 5.24. The van der Waals surface area contributed by atoms with Gasteiger partial charge in [0.1, 0.15) is 5.52 Å². The molecule has 2 aromatic heterocycles. The van der Waals surface area contributed by atoms with Crippen LogP contribution >= 0.6 is 11.3 Å². The molecular weight excluding hydrogens is 334 g/mol. The van der Waals surface area contributed by atoms with Crippen molar-refractivity contribution in [2.24, 2.45) is 0 Å². The van der Waals surface area contributed by atoms with E-state index in [0.717, 1.165) is 29.0 Å². The molecule has 0 unspecified atom stereocenters. The van der Waals surface area contributed by atoms with Crippen LogP contribution < -0.4 is 10.5 Å². The first kappa shape index (κ1) is 15.8. The highest BCUT2D eigenvalue weighted by atomic mass is 32.1. The van der Waals surface area contributed by atoms with Crippen LogP contribution in [0.5, 0.6) is 0 Å². The van der Waals surface area contributed by atoms with Crippen LogP contribution in [0.4, 0.5) is 5.69 Å². The molecular formula is C19H17N3O2S. The summed E-state index contributed by atoms with van der Waals surface area (Å²) in [6.07, 6.45) is 0. The molecule has 0 atom stereocenters. The lowest BCUT2D eigenvalue weighted by Gasteiger charge is -2.20. The lowest BCUT2D eigenvalue weighted by Crippen LogP contribution is -2.21. The highest BCUT2D eigenvalue weighted by Crippen LogP contribution is 2.28.